The quantitative estimate of drug-likeness (QED) is 0.154. The number of rotatable bonds is 17. The Balaban J connectivity index is 3.88. The first kappa shape index (κ1) is 29.6. The van der Waals surface area contributed by atoms with E-state index in [0.717, 1.165) is 25.7 Å². The Bertz CT molecular complexity index is 786. The minimum Gasteiger partial charge on any atom is -0.273 e. The Morgan fingerprint density at radius 1 is 0.367 bits per heavy atom. The van der Waals surface area contributed by atoms with E-state index in [1.165, 1.54) is 0 Å². The predicted molar refractivity (Wildman–Crippen MR) is 106 cm³/mol. The van der Waals surface area contributed by atoms with Gasteiger partial charge in [-0.05, 0) is 20.3 Å². The molecule has 0 saturated heterocycles. The minimum absolute atomic E-state index is 0.123. The van der Waals surface area contributed by atoms with Gasteiger partial charge in [0.25, 0.3) is 0 Å². The van der Waals surface area contributed by atoms with Gasteiger partial charge >= 0.3 is 41.2 Å². The lowest BCUT2D eigenvalue weighted by atomic mass is 10.1. The third-order valence-electron chi connectivity index (χ3n) is 3.96. The van der Waals surface area contributed by atoms with Gasteiger partial charge in [-0.25, -0.2) is 0 Å². The van der Waals surface area contributed by atoms with Crippen molar-refractivity contribution in [2.24, 2.45) is 0 Å². The van der Waals surface area contributed by atoms with Gasteiger partial charge in [0, 0.05) is 13.1 Å². The Morgan fingerprint density at radius 2 is 0.533 bits per heavy atom. The van der Waals surface area contributed by atoms with E-state index in [2.05, 4.69) is 0 Å². The molecule has 0 aromatic carbocycles. The third-order valence-corrected chi connectivity index (χ3v) is 9.01. The van der Waals surface area contributed by atoms with Crippen molar-refractivity contribution in [1.29, 1.82) is 0 Å². The standard InChI is InChI=1S/C12H28N2O12S4/c15-27(16,17)13(28(18,19)20)11-9-7-5-3-1-2-4-6-8-10-12-14(29(21,22)23)30(24,25)26/h1-12H2,(H,15,16,17)(H,18,19,20)(H,21,22,23)(H,24,25,26). The molecular formula is C12H28N2O12S4. The van der Waals surface area contributed by atoms with Crippen molar-refractivity contribution in [2.45, 2.75) is 64.2 Å². The van der Waals surface area contributed by atoms with Crippen molar-refractivity contribution < 1.29 is 51.9 Å². The van der Waals surface area contributed by atoms with Crippen LogP contribution >= 0.6 is 0 Å². The second-order valence-electron chi connectivity index (χ2n) is 6.44. The Morgan fingerprint density at radius 3 is 0.700 bits per heavy atom. The molecule has 4 N–H and O–H groups in total. The van der Waals surface area contributed by atoms with Crippen molar-refractivity contribution in [3.63, 3.8) is 0 Å². The van der Waals surface area contributed by atoms with Crippen LogP contribution < -0.4 is 0 Å². The Kier molecular flexibility index (Phi) is 12.4. The molecule has 18 heteroatoms. The lowest BCUT2D eigenvalue weighted by molar-refractivity contribution is 0.373. The monoisotopic (exact) mass is 520 g/mol. The number of unbranched alkanes of at least 4 members (excludes halogenated alkanes) is 9. The van der Waals surface area contributed by atoms with Crippen LogP contribution in [0.2, 0.25) is 0 Å². The van der Waals surface area contributed by atoms with Crippen LogP contribution in [0.25, 0.3) is 0 Å². The summed E-state index contributed by atoms with van der Waals surface area (Å²) in [6, 6.07) is 0. The van der Waals surface area contributed by atoms with E-state index < -0.39 is 54.3 Å². The molecule has 0 unspecified atom stereocenters. The summed E-state index contributed by atoms with van der Waals surface area (Å²) < 4.78 is 121. The predicted octanol–water partition coefficient (Wildman–Crippen LogP) is 0.703. The van der Waals surface area contributed by atoms with Crippen LogP contribution in [0.1, 0.15) is 64.2 Å². The minimum atomic E-state index is -5.06. The molecule has 14 nitrogen and oxygen atoms in total. The van der Waals surface area contributed by atoms with Gasteiger partial charge in [-0.2, -0.15) is 33.7 Å². The molecule has 30 heavy (non-hydrogen) atoms. The smallest absolute Gasteiger partial charge is 0.273 e. The summed E-state index contributed by atoms with van der Waals surface area (Å²) in [5.74, 6) is 0. The van der Waals surface area contributed by atoms with E-state index in [0.29, 0.717) is 25.7 Å². The molecule has 0 spiro atoms. The average molecular weight is 521 g/mol. The molecule has 0 heterocycles. The second kappa shape index (κ2) is 12.6. The van der Waals surface area contributed by atoms with Gasteiger partial charge in [0.15, 0.2) is 0 Å². The highest BCUT2D eigenvalue weighted by Crippen LogP contribution is 2.14. The summed E-state index contributed by atoms with van der Waals surface area (Å²) in [7, 11) is -20.2. The summed E-state index contributed by atoms with van der Waals surface area (Å²) in [4.78, 5) is 0. The normalized spacial score (nSPS) is 13.9. The maximum absolute atomic E-state index is 10.9. The van der Waals surface area contributed by atoms with E-state index in [-0.39, 0.29) is 20.3 Å². The molecule has 0 aliphatic rings. The zero-order valence-electron chi connectivity index (χ0n) is 16.1. The highest BCUT2D eigenvalue weighted by Gasteiger charge is 2.31. The summed E-state index contributed by atoms with van der Waals surface area (Å²) >= 11 is 0. The van der Waals surface area contributed by atoms with Gasteiger partial charge in [-0.1, -0.05) is 51.4 Å². The molecule has 0 fully saturated rings. The molecule has 0 atom stereocenters. The van der Waals surface area contributed by atoms with Crippen molar-refractivity contribution in [3.8, 4) is 0 Å². The molecule has 0 amide bonds. The average Bonchev–Trinajstić information content (AvgIpc) is 2.50. The van der Waals surface area contributed by atoms with Gasteiger partial charge in [-0.3, -0.25) is 18.2 Å². The summed E-state index contributed by atoms with van der Waals surface area (Å²) in [5, 5.41) is 0. The fraction of sp³-hybridized carbons (Fsp3) is 1.00. The van der Waals surface area contributed by atoms with Gasteiger partial charge in [0.2, 0.25) is 0 Å². The van der Waals surface area contributed by atoms with Crippen molar-refractivity contribution >= 4 is 41.2 Å². The van der Waals surface area contributed by atoms with E-state index in [4.69, 9.17) is 18.2 Å². The Labute approximate surface area is 177 Å². The Hall–Kier alpha value is -0.440. The first-order chi connectivity index (χ1) is 13.5. The zero-order valence-corrected chi connectivity index (χ0v) is 19.3. The maximum Gasteiger partial charge on any atom is 0.351 e. The fourth-order valence-corrected chi connectivity index (χ4v) is 5.94. The topological polar surface area (TPSA) is 224 Å². The van der Waals surface area contributed by atoms with Crippen LogP contribution in [-0.2, 0) is 41.2 Å². The van der Waals surface area contributed by atoms with Crippen LogP contribution in [0.3, 0.4) is 0 Å². The zero-order chi connectivity index (χ0) is 23.6. The van der Waals surface area contributed by atoms with Crippen molar-refractivity contribution in [1.82, 2.24) is 7.42 Å². The first-order valence-electron chi connectivity index (χ1n) is 8.93. The summed E-state index contributed by atoms with van der Waals surface area (Å²) in [5.41, 5.74) is 0. The molecule has 0 aromatic heterocycles. The largest absolute Gasteiger partial charge is 0.351 e. The molecule has 0 aliphatic heterocycles. The lowest BCUT2D eigenvalue weighted by Crippen LogP contribution is -2.36. The summed E-state index contributed by atoms with van der Waals surface area (Å²) in [6.45, 7) is -1.14. The van der Waals surface area contributed by atoms with E-state index >= 15 is 0 Å². The van der Waals surface area contributed by atoms with Crippen molar-refractivity contribution in [3.05, 3.63) is 0 Å². The van der Waals surface area contributed by atoms with Gasteiger partial charge in [0.05, 0.1) is 0 Å². The van der Waals surface area contributed by atoms with Crippen LogP contribution in [0.4, 0.5) is 0 Å². The fourth-order valence-electron chi connectivity index (χ4n) is 2.60. The molecule has 0 radical (unpaired) electrons. The van der Waals surface area contributed by atoms with Gasteiger partial charge in [0.1, 0.15) is 0 Å². The number of hydrogen-bond donors (Lipinski definition) is 4. The molecule has 0 aliphatic carbocycles. The molecular weight excluding hydrogens is 492 g/mol. The van der Waals surface area contributed by atoms with Gasteiger partial charge < -0.3 is 0 Å². The molecule has 0 saturated carbocycles. The van der Waals surface area contributed by atoms with E-state index in [1.807, 2.05) is 0 Å². The highest BCUT2D eigenvalue weighted by molar-refractivity contribution is 7.99. The highest BCUT2D eigenvalue weighted by atomic mass is 32.3. The van der Waals surface area contributed by atoms with Crippen molar-refractivity contribution in [2.75, 3.05) is 13.1 Å². The van der Waals surface area contributed by atoms with E-state index in [1.54, 1.807) is 0 Å². The first-order valence-corrected chi connectivity index (χ1v) is 14.5. The van der Waals surface area contributed by atoms with Crippen LogP contribution in [-0.4, -0.2) is 72.4 Å². The lowest BCUT2D eigenvalue weighted by Gasteiger charge is -2.14. The number of hydrogen-bond acceptors (Lipinski definition) is 8. The van der Waals surface area contributed by atoms with Crippen LogP contribution in [0, 0.1) is 0 Å². The third kappa shape index (κ3) is 13.1. The molecule has 182 valence electrons. The number of nitrogens with zero attached hydrogens (tertiary/aromatic N) is 2. The SMILES string of the molecule is O=S(=O)(O)N(CCCCCCCCCCCCN(S(=O)(=O)O)S(=O)(=O)O)S(=O)(=O)O. The molecule has 0 aromatic rings. The van der Waals surface area contributed by atoms with Crippen LogP contribution in [0.15, 0.2) is 0 Å². The molecule has 0 bridgehead atoms. The maximum atomic E-state index is 10.9. The summed E-state index contributed by atoms with van der Waals surface area (Å²) in [6.07, 6.45) is 5.73. The van der Waals surface area contributed by atoms with Crippen LogP contribution in [0.5, 0.6) is 0 Å². The molecule has 0 rings (SSSR count). The second-order valence-corrected chi connectivity index (χ2v) is 12.2. The van der Waals surface area contributed by atoms with Gasteiger partial charge in [-0.15, -0.1) is 0 Å². The van der Waals surface area contributed by atoms with E-state index in [9.17, 15) is 33.7 Å².